The molecule has 0 atom stereocenters. The van der Waals surface area contributed by atoms with Gasteiger partial charge < -0.3 is 5.32 Å². The van der Waals surface area contributed by atoms with E-state index in [1.54, 1.807) is 24.3 Å². The minimum absolute atomic E-state index is 0.0271. The van der Waals surface area contributed by atoms with Crippen molar-refractivity contribution in [2.45, 2.75) is 23.9 Å². The molecule has 9 heteroatoms. The number of amides is 1. The highest BCUT2D eigenvalue weighted by atomic mass is 32.2. The summed E-state index contributed by atoms with van der Waals surface area (Å²) in [6.45, 7) is 0.122. The zero-order valence-electron chi connectivity index (χ0n) is 15.6. The lowest BCUT2D eigenvalue weighted by molar-refractivity contribution is -0.137. The van der Waals surface area contributed by atoms with E-state index < -0.39 is 27.7 Å². The molecule has 1 amide bonds. The van der Waals surface area contributed by atoms with Gasteiger partial charge >= 0.3 is 6.18 Å². The first-order valence-electron chi connectivity index (χ1n) is 9.19. The maximum atomic E-state index is 12.9. The maximum absolute atomic E-state index is 12.9. The van der Waals surface area contributed by atoms with Crippen molar-refractivity contribution in [1.29, 1.82) is 0 Å². The van der Waals surface area contributed by atoms with Crippen LogP contribution in [0.25, 0.3) is 10.8 Å². The summed E-state index contributed by atoms with van der Waals surface area (Å²) in [5.41, 5.74) is 0.0405. The smallest absolute Gasteiger partial charge is 0.326 e. The summed E-state index contributed by atoms with van der Waals surface area (Å²) in [5.74, 6) is -0.401. The third kappa shape index (κ3) is 3.60. The second-order valence-corrected chi connectivity index (χ2v) is 8.77. The summed E-state index contributed by atoms with van der Waals surface area (Å²) in [6.07, 6.45) is -4.15. The van der Waals surface area contributed by atoms with E-state index in [1.807, 2.05) is 12.1 Å². The van der Waals surface area contributed by atoms with Gasteiger partial charge in [0.25, 0.3) is 10.0 Å². The molecule has 5 nitrogen and oxygen atoms in total. The highest BCUT2D eigenvalue weighted by Crippen LogP contribution is 2.42. The Hall–Kier alpha value is -3.07. The zero-order valence-corrected chi connectivity index (χ0v) is 16.4. The quantitative estimate of drug-likeness (QED) is 0.628. The van der Waals surface area contributed by atoms with Gasteiger partial charge in [-0.15, -0.1) is 0 Å². The van der Waals surface area contributed by atoms with E-state index >= 15 is 0 Å². The Morgan fingerprint density at radius 2 is 1.63 bits per heavy atom. The van der Waals surface area contributed by atoms with Gasteiger partial charge in [0.05, 0.1) is 16.1 Å². The molecule has 0 aromatic heterocycles. The Labute approximate surface area is 171 Å². The van der Waals surface area contributed by atoms with Crippen LogP contribution < -0.4 is 9.62 Å². The third-order valence-electron chi connectivity index (χ3n) is 4.94. The van der Waals surface area contributed by atoms with Crippen LogP contribution in [0.4, 0.5) is 24.5 Å². The van der Waals surface area contributed by atoms with Crippen LogP contribution in [-0.2, 0) is 21.0 Å². The molecule has 0 bridgehead atoms. The van der Waals surface area contributed by atoms with Crippen molar-refractivity contribution in [1.82, 2.24) is 0 Å². The predicted octanol–water partition coefficient (Wildman–Crippen LogP) is 4.79. The SMILES string of the molecule is O=C(CCCN1c2cccc3cccc(c23)S1(=O)=O)Nc1ccc(C(F)(F)F)cc1. The van der Waals surface area contributed by atoms with E-state index in [-0.39, 0.29) is 30.0 Å². The van der Waals surface area contributed by atoms with Gasteiger partial charge in [-0.3, -0.25) is 9.10 Å². The fourth-order valence-electron chi connectivity index (χ4n) is 3.55. The topological polar surface area (TPSA) is 66.5 Å². The number of alkyl halides is 3. The molecule has 3 aromatic rings. The molecule has 30 heavy (non-hydrogen) atoms. The van der Waals surface area contributed by atoms with Gasteiger partial charge in [-0.25, -0.2) is 8.42 Å². The number of nitrogens with one attached hydrogen (secondary N) is 1. The fraction of sp³-hybridized carbons (Fsp3) is 0.190. The van der Waals surface area contributed by atoms with Gasteiger partial charge in [-0.05, 0) is 48.2 Å². The number of hydrogen-bond donors (Lipinski definition) is 1. The molecule has 0 spiro atoms. The standard InChI is InChI=1S/C21H17F3N2O3S/c22-21(23,24)15-9-11-16(12-10-15)25-19(27)8-3-13-26-17-6-1-4-14-5-2-7-18(20(14)17)30(26,28)29/h1-2,4-7,9-12H,3,8,13H2,(H,25,27). The van der Waals surface area contributed by atoms with E-state index in [2.05, 4.69) is 5.32 Å². The van der Waals surface area contributed by atoms with Crippen LogP contribution in [0.5, 0.6) is 0 Å². The molecule has 0 saturated heterocycles. The summed E-state index contributed by atoms with van der Waals surface area (Å²) in [5, 5.41) is 4.03. The molecule has 1 aliphatic rings. The molecule has 156 valence electrons. The van der Waals surface area contributed by atoms with Crippen molar-refractivity contribution >= 4 is 38.1 Å². The van der Waals surface area contributed by atoms with Crippen LogP contribution >= 0.6 is 0 Å². The van der Waals surface area contributed by atoms with Crippen molar-refractivity contribution in [2.75, 3.05) is 16.2 Å². The van der Waals surface area contributed by atoms with E-state index in [4.69, 9.17) is 0 Å². The Bertz CT molecular complexity index is 1220. The summed E-state index contributed by atoms with van der Waals surface area (Å²) in [6, 6.07) is 14.6. The molecule has 0 saturated carbocycles. The molecule has 0 radical (unpaired) electrons. The van der Waals surface area contributed by atoms with Gasteiger partial charge in [-0.1, -0.05) is 24.3 Å². The normalized spacial score (nSPS) is 14.8. The van der Waals surface area contributed by atoms with Crippen molar-refractivity contribution < 1.29 is 26.4 Å². The van der Waals surface area contributed by atoms with Crippen LogP contribution in [0.3, 0.4) is 0 Å². The van der Waals surface area contributed by atoms with Crippen LogP contribution in [0.15, 0.2) is 65.6 Å². The Morgan fingerprint density at radius 3 is 2.30 bits per heavy atom. The van der Waals surface area contributed by atoms with E-state index in [0.29, 0.717) is 11.1 Å². The lowest BCUT2D eigenvalue weighted by Crippen LogP contribution is -2.28. The molecule has 1 aliphatic heterocycles. The highest BCUT2D eigenvalue weighted by molar-refractivity contribution is 7.93. The lowest BCUT2D eigenvalue weighted by atomic mass is 10.1. The average Bonchev–Trinajstić information content (AvgIpc) is 2.91. The first kappa shape index (κ1) is 20.2. The van der Waals surface area contributed by atoms with Crippen LogP contribution in [0.1, 0.15) is 18.4 Å². The molecule has 3 aromatic carbocycles. The molecule has 0 aliphatic carbocycles. The summed E-state index contributed by atoms with van der Waals surface area (Å²) in [7, 11) is -3.68. The summed E-state index contributed by atoms with van der Waals surface area (Å²) < 4.78 is 64.9. The number of rotatable bonds is 5. The van der Waals surface area contributed by atoms with E-state index in [9.17, 15) is 26.4 Å². The zero-order chi connectivity index (χ0) is 21.5. The number of hydrogen-bond acceptors (Lipinski definition) is 3. The predicted molar refractivity (Wildman–Crippen MR) is 108 cm³/mol. The molecule has 0 unspecified atom stereocenters. The number of benzene rings is 3. The highest BCUT2D eigenvalue weighted by Gasteiger charge is 2.35. The lowest BCUT2D eigenvalue weighted by Gasteiger charge is -2.18. The number of carbonyl (C=O) groups excluding carboxylic acids is 1. The Kier molecular flexibility index (Phi) is 4.93. The molecule has 0 fully saturated rings. The molecular formula is C21H17F3N2O3S. The first-order chi connectivity index (χ1) is 14.2. The number of halogens is 3. The molecule has 1 heterocycles. The van der Waals surface area contributed by atoms with Crippen molar-refractivity contribution in [3.05, 3.63) is 66.2 Å². The monoisotopic (exact) mass is 434 g/mol. The molecular weight excluding hydrogens is 417 g/mol. The largest absolute Gasteiger partial charge is 0.416 e. The van der Waals surface area contributed by atoms with Crippen LogP contribution in [0, 0.1) is 0 Å². The number of nitrogens with zero attached hydrogens (tertiary/aromatic N) is 1. The minimum Gasteiger partial charge on any atom is -0.326 e. The first-order valence-corrected chi connectivity index (χ1v) is 10.6. The summed E-state index contributed by atoms with van der Waals surface area (Å²) in [4.78, 5) is 12.4. The number of sulfonamides is 1. The van der Waals surface area contributed by atoms with Gasteiger partial charge in [0.15, 0.2) is 0 Å². The van der Waals surface area contributed by atoms with Gasteiger partial charge in [-0.2, -0.15) is 13.2 Å². The van der Waals surface area contributed by atoms with Crippen molar-refractivity contribution in [2.24, 2.45) is 0 Å². The van der Waals surface area contributed by atoms with Crippen molar-refractivity contribution in [3.8, 4) is 0 Å². The fourth-order valence-corrected chi connectivity index (χ4v) is 5.30. The summed E-state index contributed by atoms with van der Waals surface area (Å²) >= 11 is 0. The minimum atomic E-state index is -4.44. The maximum Gasteiger partial charge on any atom is 0.416 e. The van der Waals surface area contributed by atoms with E-state index in [1.165, 1.54) is 16.4 Å². The van der Waals surface area contributed by atoms with Crippen molar-refractivity contribution in [3.63, 3.8) is 0 Å². The average molecular weight is 434 g/mol. The molecule has 4 rings (SSSR count). The second kappa shape index (κ2) is 7.32. The van der Waals surface area contributed by atoms with Crippen LogP contribution in [0.2, 0.25) is 0 Å². The number of carbonyl (C=O) groups is 1. The number of anilines is 2. The Balaban J connectivity index is 1.40. The second-order valence-electron chi connectivity index (χ2n) is 6.94. The third-order valence-corrected chi connectivity index (χ3v) is 6.80. The van der Waals surface area contributed by atoms with Crippen LogP contribution in [-0.4, -0.2) is 20.9 Å². The Morgan fingerprint density at radius 1 is 0.967 bits per heavy atom. The molecule has 1 N–H and O–H groups in total. The van der Waals surface area contributed by atoms with Gasteiger partial charge in [0.1, 0.15) is 0 Å². The van der Waals surface area contributed by atoms with Gasteiger partial charge in [0, 0.05) is 24.0 Å². The van der Waals surface area contributed by atoms with E-state index in [0.717, 1.165) is 17.5 Å². The van der Waals surface area contributed by atoms with Gasteiger partial charge in [0.2, 0.25) is 5.91 Å².